The van der Waals surface area contributed by atoms with Gasteiger partial charge >= 0.3 is 0 Å². The molecule has 1 heterocycles. The van der Waals surface area contributed by atoms with Crippen LogP contribution in [0.25, 0.3) is 0 Å². The fraction of sp³-hybridized carbons (Fsp3) is 0.391. The van der Waals surface area contributed by atoms with Crippen LogP contribution < -0.4 is 5.73 Å². The number of nitrogens with zero attached hydrogens (tertiary/aromatic N) is 1. The van der Waals surface area contributed by atoms with Crippen LogP contribution in [0.15, 0.2) is 59.5 Å². The summed E-state index contributed by atoms with van der Waals surface area (Å²) in [6.07, 6.45) is 4.91. The molecule has 0 unspecified atom stereocenters. The van der Waals surface area contributed by atoms with E-state index in [1.165, 1.54) is 5.56 Å². The van der Waals surface area contributed by atoms with Gasteiger partial charge in [0.1, 0.15) is 5.37 Å². The second-order valence-electron chi connectivity index (χ2n) is 7.60. The number of hydrogen-bond donors (Lipinski definition) is 1. The lowest BCUT2D eigenvalue weighted by Gasteiger charge is -2.46. The van der Waals surface area contributed by atoms with E-state index in [2.05, 4.69) is 0 Å². The lowest BCUT2D eigenvalue weighted by atomic mass is 9.93. The van der Waals surface area contributed by atoms with Crippen molar-refractivity contribution >= 4 is 34.2 Å². The Bertz CT molecular complexity index is 889. The van der Waals surface area contributed by atoms with Gasteiger partial charge in [0.25, 0.3) is 0 Å². The SMILES string of the molecule is NC(=O)C[C@H]1C(=O)N(CCCCCCc2ccc(Cl)cc2)[C@@H]1[S@](=O)c1ccccc1. The molecule has 30 heavy (non-hydrogen) atoms. The van der Waals surface area contributed by atoms with Crippen molar-refractivity contribution in [2.45, 2.75) is 48.8 Å². The Balaban J connectivity index is 1.49. The van der Waals surface area contributed by atoms with Gasteiger partial charge in [-0.2, -0.15) is 0 Å². The number of benzene rings is 2. The van der Waals surface area contributed by atoms with E-state index in [1.807, 2.05) is 42.5 Å². The summed E-state index contributed by atoms with van der Waals surface area (Å²) < 4.78 is 13.0. The highest BCUT2D eigenvalue weighted by Crippen LogP contribution is 2.34. The number of carbonyl (C=O) groups is 2. The van der Waals surface area contributed by atoms with Crippen LogP contribution in [0.3, 0.4) is 0 Å². The van der Waals surface area contributed by atoms with Gasteiger partial charge in [-0.1, -0.05) is 54.8 Å². The fourth-order valence-electron chi connectivity index (χ4n) is 3.81. The van der Waals surface area contributed by atoms with Crippen LogP contribution in [-0.4, -0.2) is 32.8 Å². The Labute approximate surface area is 185 Å². The number of hydrogen-bond acceptors (Lipinski definition) is 3. The first kappa shape index (κ1) is 22.5. The van der Waals surface area contributed by atoms with Gasteiger partial charge in [-0.05, 0) is 49.1 Å². The van der Waals surface area contributed by atoms with E-state index in [0.717, 1.165) is 37.1 Å². The molecule has 2 amide bonds. The van der Waals surface area contributed by atoms with E-state index in [1.54, 1.807) is 17.0 Å². The van der Waals surface area contributed by atoms with Crippen molar-refractivity contribution in [2.75, 3.05) is 6.54 Å². The lowest BCUT2D eigenvalue weighted by Crippen LogP contribution is -2.63. The molecule has 2 N–H and O–H groups in total. The number of halogens is 1. The van der Waals surface area contributed by atoms with Gasteiger partial charge in [-0.25, -0.2) is 0 Å². The van der Waals surface area contributed by atoms with Crippen LogP contribution in [-0.2, 0) is 26.8 Å². The molecular formula is C23H27ClN2O3S. The molecule has 0 saturated carbocycles. The fourth-order valence-corrected chi connectivity index (χ4v) is 5.59. The molecule has 3 atom stereocenters. The third kappa shape index (κ3) is 5.70. The number of unbranched alkanes of at least 4 members (excludes halogenated alkanes) is 3. The normalized spacial score (nSPS) is 19.4. The number of likely N-dealkylation sites (tertiary alicyclic amines) is 1. The molecule has 2 aromatic rings. The predicted molar refractivity (Wildman–Crippen MR) is 119 cm³/mol. The molecule has 0 aliphatic carbocycles. The largest absolute Gasteiger partial charge is 0.370 e. The van der Waals surface area contributed by atoms with E-state index in [-0.39, 0.29) is 12.3 Å². The molecule has 160 valence electrons. The predicted octanol–water partition coefficient (Wildman–Crippen LogP) is 3.91. The zero-order valence-corrected chi connectivity index (χ0v) is 18.4. The van der Waals surface area contributed by atoms with E-state index in [4.69, 9.17) is 17.3 Å². The monoisotopic (exact) mass is 446 g/mol. The summed E-state index contributed by atoms with van der Waals surface area (Å²) in [5.41, 5.74) is 6.58. The average molecular weight is 447 g/mol. The Hall–Kier alpha value is -2.18. The summed E-state index contributed by atoms with van der Waals surface area (Å²) in [6, 6.07) is 17.0. The van der Waals surface area contributed by atoms with E-state index >= 15 is 0 Å². The minimum absolute atomic E-state index is 0.0559. The van der Waals surface area contributed by atoms with E-state index < -0.39 is 28.0 Å². The van der Waals surface area contributed by atoms with Crippen LogP contribution in [0.5, 0.6) is 0 Å². The highest BCUT2D eigenvalue weighted by molar-refractivity contribution is 7.85. The summed E-state index contributed by atoms with van der Waals surface area (Å²) in [7, 11) is -1.39. The highest BCUT2D eigenvalue weighted by Gasteiger charge is 2.50. The van der Waals surface area contributed by atoms with Gasteiger partial charge in [0.2, 0.25) is 11.8 Å². The quantitative estimate of drug-likeness (QED) is 0.419. The van der Waals surface area contributed by atoms with Crippen LogP contribution >= 0.6 is 11.6 Å². The van der Waals surface area contributed by atoms with Gasteiger partial charge < -0.3 is 10.6 Å². The number of primary amides is 1. The van der Waals surface area contributed by atoms with Crippen LogP contribution in [0, 0.1) is 5.92 Å². The standard InChI is InChI=1S/C23H27ClN2O3S/c24-18-13-11-17(12-14-18)8-4-1-2-7-15-26-22(28)20(16-21(25)27)23(26)30(29)19-9-5-3-6-10-19/h3,5-6,9-14,20,23H,1-2,4,7-8,15-16H2,(H2,25,27)/t20-,23+,30+/m0/s1. The van der Waals surface area contributed by atoms with Crippen molar-refractivity contribution in [3.8, 4) is 0 Å². The van der Waals surface area contributed by atoms with Gasteiger partial charge in [-0.3, -0.25) is 13.8 Å². The van der Waals surface area contributed by atoms with Crippen molar-refractivity contribution < 1.29 is 13.8 Å². The second kappa shape index (κ2) is 10.7. The molecule has 7 heteroatoms. The number of β-lactam (4-membered cyclic amide) rings is 1. The Kier molecular flexibility index (Phi) is 8.05. The maximum Gasteiger partial charge on any atom is 0.230 e. The molecule has 1 aliphatic heterocycles. The summed E-state index contributed by atoms with van der Waals surface area (Å²) >= 11 is 5.91. The summed E-state index contributed by atoms with van der Waals surface area (Å²) in [5.74, 6) is -1.25. The Morgan fingerprint density at radius 3 is 2.33 bits per heavy atom. The van der Waals surface area contributed by atoms with Gasteiger partial charge in [-0.15, -0.1) is 0 Å². The van der Waals surface area contributed by atoms with Gasteiger partial charge in [0, 0.05) is 22.9 Å². The third-order valence-corrected chi connectivity index (χ3v) is 7.41. The number of nitrogens with two attached hydrogens (primary N) is 1. The zero-order valence-electron chi connectivity index (χ0n) is 16.8. The third-order valence-electron chi connectivity index (χ3n) is 5.40. The Morgan fingerprint density at radius 2 is 1.67 bits per heavy atom. The zero-order chi connectivity index (χ0) is 21.5. The number of carbonyl (C=O) groups excluding carboxylic acids is 2. The van der Waals surface area contributed by atoms with Crippen LogP contribution in [0.1, 0.15) is 37.7 Å². The maximum atomic E-state index is 13.0. The van der Waals surface area contributed by atoms with E-state index in [0.29, 0.717) is 11.4 Å². The van der Waals surface area contributed by atoms with Gasteiger partial charge in [0.15, 0.2) is 0 Å². The van der Waals surface area contributed by atoms with Gasteiger partial charge in [0.05, 0.1) is 16.7 Å². The number of rotatable bonds is 11. The molecular weight excluding hydrogens is 420 g/mol. The van der Waals surface area contributed by atoms with Crippen molar-refractivity contribution in [1.82, 2.24) is 4.90 Å². The molecule has 3 rings (SSSR count). The first-order valence-corrected chi connectivity index (χ1v) is 11.9. The second-order valence-corrected chi connectivity index (χ2v) is 9.59. The molecule has 0 radical (unpaired) electrons. The maximum absolute atomic E-state index is 13.0. The minimum Gasteiger partial charge on any atom is -0.370 e. The molecule has 5 nitrogen and oxygen atoms in total. The highest BCUT2D eigenvalue weighted by atomic mass is 35.5. The van der Waals surface area contributed by atoms with Crippen LogP contribution in [0.2, 0.25) is 5.02 Å². The number of aryl methyl sites for hydroxylation is 1. The smallest absolute Gasteiger partial charge is 0.230 e. The molecule has 1 fully saturated rings. The molecule has 2 aromatic carbocycles. The summed E-state index contributed by atoms with van der Waals surface area (Å²) in [4.78, 5) is 26.2. The summed E-state index contributed by atoms with van der Waals surface area (Å²) in [5, 5.41) is 0.261. The lowest BCUT2D eigenvalue weighted by molar-refractivity contribution is -0.152. The molecule has 0 aromatic heterocycles. The summed E-state index contributed by atoms with van der Waals surface area (Å²) in [6.45, 7) is 0.554. The molecule has 1 saturated heterocycles. The van der Waals surface area contributed by atoms with Crippen molar-refractivity contribution in [1.29, 1.82) is 0 Å². The topological polar surface area (TPSA) is 80.5 Å². The molecule has 0 bridgehead atoms. The Morgan fingerprint density at radius 1 is 1.00 bits per heavy atom. The minimum atomic E-state index is -1.39. The molecule has 1 aliphatic rings. The number of amides is 2. The average Bonchev–Trinajstić information content (AvgIpc) is 2.75. The van der Waals surface area contributed by atoms with Crippen molar-refractivity contribution in [2.24, 2.45) is 11.7 Å². The molecule has 0 spiro atoms. The van der Waals surface area contributed by atoms with Crippen LogP contribution in [0.4, 0.5) is 0 Å². The van der Waals surface area contributed by atoms with E-state index in [9.17, 15) is 13.8 Å². The first-order chi connectivity index (χ1) is 14.5. The van der Waals surface area contributed by atoms with Crippen molar-refractivity contribution in [3.63, 3.8) is 0 Å². The van der Waals surface area contributed by atoms with Crippen molar-refractivity contribution in [3.05, 3.63) is 65.2 Å². The first-order valence-electron chi connectivity index (χ1n) is 10.3.